The van der Waals surface area contributed by atoms with Crippen molar-refractivity contribution in [2.24, 2.45) is 5.92 Å². The number of aromatic nitrogens is 1. The maximum Gasteiger partial charge on any atom is 0.323 e. The summed E-state index contributed by atoms with van der Waals surface area (Å²) in [4.78, 5) is 29.1. The fraction of sp³-hybridized carbons (Fsp3) is 0.340. The van der Waals surface area contributed by atoms with Gasteiger partial charge in [-0.25, -0.2) is 0 Å². The van der Waals surface area contributed by atoms with E-state index in [0.717, 1.165) is 49.7 Å². The van der Waals surface area contributed by atoms with Crippen molar-refractivity contribution in [3.8, 4) is 0 Å². The maximum atomic E-state index is 14.0. The Balaban J connectivity index is 1.20. The molecule has 1 aromatic heterocycles. The van der Waals surface area contributed by atoms with Crippen molar-refractivity contribution >= 4 is 80.0 Å². The van der Waals surface area contributed by atoms with Crippen LogP contribution in [0.2, 0.25) is 0 Å². The predicted octanol–water partition coefficient (Wildman–Crippen LogP) is 10.7. The molecule has 7 rings (SSSR count). The fourth-order valence-electron chi connectivity index (χ4n) is 8.86. The molecule has 0 saturated heterocycles. The Morgan fingerprint density at radius 1 is 0.898 bits per heavy atom. The second-order valence-corrected chi connectivity index (χ2v) is 18.4. The van der Waals surface area contributed by atoms with Gasteiger partial charge in [-0.2, -0.15) is 0 Å². The summed E-state index contributed by atoms with van der Waals surface area (Å²) in [6, 6.07) is 36.7. The Kier molecular flexibility index (Phi) is 14.5. The first kappa shape index (κ1) is 42.6. The highest BCUT2D eigenvalue weighted by Crippen LogP contribution is 2.52. The molecule has 9 heteroatoms. The van der Waals surface area contributed by atoms with E-state index in [1.807, 2.05) is 25.1 Å². The van der Waals surface area contributed by atoms with Gasteiger partial charge in [0.15, 0.2) is 0 Å². The first-order chi connectivity index (χ1) is 28.8. The Morgan fingerprint density at radius 2 is 1.56 bits per heavy atom. The first-order valence-electron chi connectivity index (χ1n) is 21.1. The van der Waals surface area contributed by atoms with Crippen molar-refractivity contribution in [2.75, 3.05) is 4.90 Å². The van der Waals surface area contributed by atoms with Crippen LogP contribution in [0.4, 0.5) is 11.4 Å². The Morgan fingerprint density at radius 3 is 2.22 bits per heavy atom. The predicted molar refractivity (Wildman–Crippen MR) is 252 cm³/mol. The number of unbranched alkanes of at least 4 members (excludes halogenated alkanes) is 5. The highest BCUT2D eigenvalue weighted by atomic mass is 32.2. The van der Waals surface area contributed by atoms with Crippen molar-refractivity contribution in [1.82, 2.24) is 4.57 Å². The van der Waals surface area contributed by atoms with E-state index < -0.39 is 18.6 Å². The zero-order chi connectivity index (χ0) is 41.3. The van der Waals surface area contributed by atoms with Crippen LogP contribution in [0.3, 0.4) is 0 Å². The van der Waals surface area contributed by atoms with E-state index in [1.165, 1.54) is 91.7 Å². The molecule has 0 amide bonds. The van der Waals surface area contributed by atoms with Gasteiger partial charge in [-0.3, -0.25) is 14.2 Å². The van der Waals surface area contributed by atoms with Crippen molar-refractivity contribution in [2.45, 2.75) is 103 Å². The molecule has 4 aromatic carbocycles. The van der Waals surface area contributed by atoms with E-state index in [0.29, 0.717) is 26.1 Å². The monoisotopic (exact) mass is 842 g/mol. The summed E-state index contributed by atoms with van der Waals surface area (Å²) in [5, 5.41) is 21.5. The number of carbonyl (C=O) groups is 1. The number of thiazole rings is 1. The average molecular weight is 843 g/mol. The molecule has 1 aliphatic carbocycles. The van der Waals surface area contributed by atoms with Crippen LogP contribution < -0.4 is 19.7 Å². The average Bonchev–Trinajstić information content (AvgIpc) is 3.94. The van der Waals surface area contributed by atoms with Gasteiger partial charge in [0, 0.05) is 28.0 Å². The number of carboxylic acid groups (broad SMARTS) is 1. The minimum atomic E-state index is -1.11. The smallest absolute Gasteiger partial charge is 0.323 e. The minimum absolute atomic E-state index is 0.0748. The molecule has 306 valence electrons. The summed E-state index contributed by atoms with van der Waals surface area (Å²) in [6.07, 6.45) is 14.4. The highest BCUT2D eigenvalue weighted by Gasteiger charge is 2.42. The molecule has 59 heavy (non-hydrogen) atoms. The topological polar surface area (TPSA) is 82.8 Å². The summed E-state index contributed by atoms with van der Waals surface area (Å²) >= 11 is 7.68. The zero-order valence-electron chi connectivity index (χ0n) is 34.0. The molecular formula is C50H54N2O4S3. The van der Waals surface area contributed by atoms with Gasteiger partial charge < -0.3 is 15.1 Å². The van der Waals surface area contributed by atoms with E-state index >= 15 is 0 Å². The lowest BCUT2D eigenvalue weighted by atomic mass is 9.95. The summed E-state index contributed by atoms with van der Waals surface area (Å²) in [5.41, 5.74) is 8.84. The van der Waals surface area contributed by atoms with Gasteiger partial charge >= 0.3 is 5.97 Å². The van der Waals surface area contributed by atoms with Crippen LogP contribution in [-0.4, -0.2) is 37.6 Å². The number of aliphatic carboxylic acids is 1. The fourth-order valence-corrected chi connectivity index (χ4v) is 11.2. The molecule has 0 radical (unpaired) electrons. The maximum absolute atomic E-state index is 14.0. The highest BCUT2D eigenvalue weighted by molar-refractivity contribution is 8.26. The molecule has 1 aliphatic heterocycles. The van der Waals surface area contributed by atoms with Crippen molar-refractivity contribution in [3.63, 3.8) is 0 Å². The number of aliphatic hydroxyl groups excluding tert-OH is 1. The number of fused-ring (bicyclic) bond motifs is 3. The summed E-state index contributed by atoms with van der Waals surface area (Å²) < 4.78 is 3.67. The molecule has 1 fully saturated rings. The van der Waals surface area contributed by atoms with Gasteiger partial charge in [0.1, 0.15) is 11.2 Å². The van der Waals surface area contributed by atoms with E-state index in [1.54, 1.807) is 0 Å². The molecule has 4 atom stereocenters. The number of thioether (sulfide) groups is 1. The van der Waals surface area contributed by atoms with Gasteiger partial charge in [0.25, 0.3) is 5.56 Å². The Hall–Kier alpha value is -4.54. The number of nitrogens with zero attached hydrogens (tertiary/aromatic N) is 2. The molecule has 0 bridgehead atoms. The van der Waals surface area contributed by atoms with E-state index in [2.05, 4.69) is 109 Å². The van der Waals surface area contributed by atoms with Crippen LogP contribution in [0.15, 0.2) is 108 Å². The Bertz CT molecular complexity index is 2400. The van der Waals surface area contributed by atoms with Crippen molar-refractivity contribution in [3.05, 3.63) is 150 Å². The summed E-state index contributed by atoms with van der Waals surface area (Å²) in [7, 11) is 0. The van der Waals surface area contributed by atoms with Crippen LogP contribution in [-0.2, 0) is 11.3 Å². The van der Waals surface area contributed by atoms with E-state index in [9.17, 15) is 19.8 Å². The molecule has 5 aromatic rings. The van der Waals surface area contributed by atoms with Crippen LogP contribution in [0.1, 0.15) is 112 Å². The molecule has 6 nitrogen and oxygen atoms in total. The second-order valence-electron chi connectivity index (χ2n) is 15.9. The Labute approximate surface area is 361 Å². The number of thiocarbonyl (C=S) groups is 1. The lowest BCUT2D eigenvalue weighted by Gasteiger charge is -2.27. The molecule has 4 unspecified atom stereocenters. The van der Waals surface area contributed by atoms with Crippen molar-refractivity contribution < 1.29 is 15.0 Å². The number of benzene rings is 4. The number of hydrogen-bond acceptors (Lipinski definition) is 7. The van der Waals surface area contributed by atoms with Gasteiger partial charge in [-0.1, -0.05) is 162 Å². The van der Waals surface area contributed by atoms with E-state index in [4.69, 9.17) is 12.2 Å². The number of anilines is 2. The molecule has 2 heterocycles. The first-order valence-corrected chi connectivity index (χ1v) is 23.3. The van der Waals surface area contributed by atoms with Crippen LogP contribution in [0, 0.1) is 5.92 Å². The lowest BCUT2D eigenvalue weighted by molar-refractivity contribution is -0.137. The standard InChI is InChI=1S/C50H54N2O4S3/c1-3-4-5-6-7-10-16-34(2)47(55)48(58-33-57)50-51(32-46(53)54)49(56)45(59-50)31-36-25-28-44-42(30-36)40-21-15-22-43(40)52(44)39-26-23-35(24-27-39)29-41(37-17-11-8-12-18-37)38-19-13-9-14-20-38/h8-9,11-14,17-20,23-31,33-34,40,43,47,55H,3-7,10,15-16,21-22,32H2,1-2H3,(H,53,54). The molecule has 2 N–H and O–H groups in total. The summed E-state index contributed by atoms with van der Waals surface area (Å²) in [5.74, 6) is -0.805. The van der Waals surface area contributed by atoms with Crippen molar-refractivity contribution in [1.29, 1.82) is 0 Å². The SMILES string of the molecule is CCCCCCCCC(C)C(O)C(SC=S)=c1sc(=Cc2ccc3c(c2)C2CCCC2N3c2ccc(C=C(c3ccccc3)c3ccccc3)cc2)c(=O)n1CC(=O)O. The van der Waals surface area contributed by atoms with Gasteiger partial charge in [0.2, 0.25) is 0 Å². The van der Waals surface area contributed by atoms with Gasteiger partial charge in [-0.05, 0) is 95.0 Å². The molecular weight excluding hydrogens is 789 g/mol. The third kappa shape index (κ3) is 9.92. The van der Waals surface area contributed by atoms with Gasteiger partial charge in [0.05, 0.1) is 15.5 Å². The number of aliphatic hydroxyl groups is 1. The van der Waals surface area contributed by atoms with Crippen LogP contribution in [0.5, 0.6) is 0 Å². The molecule has 0 spiro atoms. The minimum Gasteiger partial charge on any atom is -0.480 e. The quantitative estimate of drug-likeness (QED) is 0.0516. The third-order valence-electron chi connectivity index (χ3n) is 11.9. The molecule has 2 aliphatic rings. The number of rotatable bonds is 18. The molecule has 1 saturated carbocycles. The summed E-state index contributed by atoms with van der Waals surface area (Å²) in [6.45, 7) is 3.74. The van der Waals surface area contributed by atoms with Crippen LogP contribution >= 0.6 is 35.3 Å². The number of hydrogen-bond donors (Lipinski definition) is 2. The van der Waals surface area contributed by atoms with Gasteiger partial charge in [-0.15, -0.1) is 11.3 Å². The lowest BCUT2D eigenvalue weighted by Crippen LogP contribution is -2.36. The third-order valence-corrected chi connectivity index (χ3v) is 14.2. The normalized spacial score (nSPS) is 17.6. The van der Waals surface area contributed by atoms with Crippen LogP contribution in [0.25, 0.3) is 22.6 Å². The second kappa shape index (κ2) is 20.1. The number of carboxylic acids is 1. The largest absolute Gasteiger partial charge is 0.480 e. The van der Waals surface area contributed by atoms with E-state index in [-0.39, 0.29) is 11.5 Å². The zero-order valence-corrected chi connectivity index (χ0v) is 36.4.